The first-order valence-corrected chi connectivity index (χ1v) is 8.70. The topological polar surface area (TPSA) is 60.9 Å². The number of piperidine rings is 1. The maximum absolute atomic E-state index is 12.6. The van der Waals surface area contributed by atoms with E-state index in [-0.39, 0.29) is 18.5 Å². The van der Waals surface area contributed by atoms with Crippen LogP contribution in [0.4, 0.5) is 0 Å². The lowest BCUT2D eigenvalue weighted by atomic mass is 10.0. The van der Waals surface area contributed by atoms with Crippen molar-refractivity contribution in [3.05, 3.63) is 48.0 Å². The van der Waals surface area contributed by atoms with E-state index in [1.165, 1.54) is 5.39 Å². The lowest BCUT2D eigenvalue weighted by Gasteiger charge is -2.36. The van der Waals surface area contributed by atoms with Gasteiger partial charge in [-0.05, 0) is 36.2 Å². The molecule has 1 fully saturated rings. The number of carbonyl (C=O) groups is 2. The molecular formula is C20H24N2O3. The minimum Gasteiger partial charge on any atom is -0.480 e. The first kappa shape index (κ1) is 17.4. The van der Waals surface area contributed by atoms with Gasteiger partial charge in [0.25, 0.3) is 0 Å². The standard InChI is InChI=1S/C20H24N2O3/c1-21(14-20(24)25)18-8-10-22(11-9-18)19(23)13-15-6-7-16-4-2-3-5-17(16)12-15/h2-7,12,18H,8-11,13-14H2,1H3,(H,24,25). The highest BCUT2D eigenvalue weighted by Gasteiger charge is 2.26. The predicted molar refractivity (Wildman–Crippen MR) is 97.5 cm³/mol. The van der Waals surface area contributed by atoms with E-state index in [0.717, 1.165) is 23.8 Å². The summed E-state index contributed by atoms with van der Waals surface area (Å²) in [5.41, 5.74) is 1.04. The summed E-state index contributed by atoms with van der Waals surface area (Å²) in [4.78, 5) is 27.2. The summed E-state index contributed by atoms with van der Waals surface area (Å²) in [6.45, 7) is 1.44. The Balaban J connectivity index is 1.56. The molecule has 25 heavy (non-hydrogen) atoms. The molecule has 1 amide bonds. The number of hydrogen-bond donors (Lipinski definition) is 1. The number of benzene rings is 2. The van der Waals surface area contributed by atoms with E-state index < -0.39 is 5.97 Å². The number of likely N-dealkylation sites (N-methyl/N-ethyl adjacent to an activating group) is 1. The fraction of sp³-hybridized carbons (Fsp3) is 0.400. The average Bonchev–Trinajstić information content (AvgIpc) is 2.61. The Hall–Kier alpha value is -2.40. The second-order valence-corrected chi connectivity index (χ2v) is 6.78. The molecule has 5 heteroatoms. The van der Waals surface area contributed by atoms with Gasteiger partial charge in [-0.1, -0.05) is 42.5 Å². The minimum atomic E-state index is -0.808. The largest absolute Gasteiger partial charge is 0.480 e. The Morgan fingerprint density at radius 1 is 1.12 bits per heavy atom. The second-order valence-electron chi connectivity index (χ2n) is 6.78. The van der Waals surface area contributed by atoms with Crippen LogP contribution in [0.15, 0.2) is 42.5 Å². The molecule has 1 aliphatic rings. The van der Waals surface area contributed by atoms with Gasteiger partial charge in [-0.15, -0.1) is 0 Å². The SMILES string of the molecule is CN(CC(=O)O)C1CCN(C(=O)Cc2ccc3ccccc3c2)CC1. The van der Waals surface area contributed by atoms with Gasteiger partial charge in [0.05, 0.1) is 13.0 Å². The molecule has 0 radical (unpaired) electrons. The van der Waals surface area contributed by atoms with Crippen molar-refractivity contribution >= 4 is 22.6 Å². The van der Waals surface area contributed by atoms with E-state index in [2.05, 4.69) is 24.3 Å². The molecule has 0 atom stereocenters. The van der Waals surface area contributed by atoms with Gasteiger partial charge in [0.1, 0.15) is 0 Å². The van der Waals surface area contributed by atoms with Gasteiger partial charge >= 0.3 is 5.97 Å². The van der Waals surface area contributed by atoms with Crippen molar-refractivity contribution in [3.63, 3.8) is 0 Å². The molecule has 2 aromatic rings. The predicted octanol–water partition coefficient (Wildman–Crippen LogP) is 2.39. The maximum atomic E-state index is 12.6. The Labute approximate surface area is 147 Å². The van der Waals surface area contributed by atoms with Crippen molar-refractivity contribution in [1.82, 2.24) is 9.80 Å². The van der Waals surface area contributed by atoms with Crippen LogP contribution in [0.5, 0.6) is 0 Å². The third-order valence-corrected chi connectivity index (χ3v) is 4.99. The quantitative estimate of drug-likeness (QED) is 0.908. The van der Waals surface area contributed by atoms with Crippen LogP contribution >= 0.6 is 0 Å². The average molecular weight is 340 g/mol. The van der Waals surface area contributed by atoms with Gasteiger partial charge in [-0.3, -0.25) is 14.5 Å². The van der Waals surface area contributed by atoms with E-state index in [4.69, 9.17) is 5.11 Å². The van der Waals surface area contributed by atoms with Crippen LogP contribution in [0.2, 0.25) is 0 Å². The first-order valence-electron chi connectivity index (χ1n) is 8.70. The highest BCUT2D eigenvalue weighted by molar-refractivity contribution is 5.85. The van der Waals surface area contributed by atoms with Crippen LogP contribution in [0.1, 0.15) is 18.4 Å². The van der Waals surface area contributed by atoms with Gasteiger partial charge in [-0.2, -0.15) is 0 Å². The zero-order chi connectivity index (χ0) is 17.8. The number of likely N-dealkylation sites (tertiary alicyclic amines) is 1. The van der Waals surface area contributed by atoms with E-state index in [9.17, 15) is 9.59 Å². The molecule has 0 unspecified atom stereocenters. The molecule has 5 nitrogen and oxygen atoms in total. The highest BCUT2D eigenvalue weighted by atomic mass is 16.4. The fourth-order valence-electron chi connectivity index (χ4n) is 3.53. The van der Waals surface area contributed by atoms with Crippen LogP contribution < -0.4 is 0 Å². The Morgan fingerprint density at radius 3 is 2.48 bits per heavy atom. The smallest absolute Gasteiger partial charge is 0.317 e. The van der Waals surface area contributed by atoms with Gasteiger partial charge < -0.3 is 10.0 Å². The molecule has 0 bridgehead atoms. The lowest BCUT2D eigenvalue weighted by Crippen LogP contribution is -2.47. The van der Waals surface area contributed by atoms with Crippen LogP contribution in [0.3, 0.4) is 0 Å². The van der Waals surface area contributed by atoms with E-state index in [1.807, 2.05) is 35.0 Å². The van der Waals surface area contributed by atoms with Gasteiger partial charge in [0, 0.05) is 19.1 Å². The van der Waals surface area contributed by atoms with Crippen molar-refractivity contribution < 1.29 is 14.7 Å². The van der Waals surface area contributed by atoms with Gasteiger partial charge in [0.15, 0.2) is 0 Å². The van der Waals surface area contributed by atoms with Crippen molar-refractivity contribution in [2.45, 2.75) is 25.3 Å². The molecule has 0 spiro atoms. The third kappa shape index (κ3) is 4.37. The lowest BCUT2D eigenvalue weighted by molar-refractivity contribution is -0.139. The summed E-state index contributed by atoms with van der Waals surface area (Å²) in [6.07, 6.45) is 2.07. The van der Waals surface area contributed by atoms with Crippen LogP contribution in [-0.4, -0.2) is 59.5 Å². The molecule has 2 aromatic carbocycles. The number of amides is 1. The molecule has 3 rings (SSSR count). The molecule has 0 aliphatic carbocycles. The molecular weight excluding hydrogens is 316 g/mol. The number of aliphatic carboxylic acids is 1. The normalized spacial score (nSPS) is 15.7. The summed E-state index contributed by atoms with van der Waals surface area (Å²) < 4.78 is 0. The Bertz CT molecular complexity index is 766. The van der Waals surface area contributed by atoms with E-state index in [1.54, 1.807) is 0 Å². The fourth-order valence-corrected chi connectivity index (χ4v) is 3.53. The number of carbonyl (C=O) groups excluding carboxylic acids is 1. The monoisotopic (exact) mass is 340 g/mol. The Morgan fingerprint density at radius 2 is 1.80 bits per heavy atom. The molecule has 132 valence electrons. The van der Waals surface area contributed by atoms with Crippen molar-refractivity contribution in [3.8, 4) is 0 Å². The highest BCUT2D eigenvalue weighted by Crippen LogP contribution is 2.19. The van der Waals surface area contributed by atoms with Crippen molar-refractivity contribution in [2.24, 2.45) is 0 Å². The van der Waals surface area contributed by atoms with E-state index in [0.29, 0.717) is 19.5 Å². The third-order valence-electron chi connectivity index (χ3n) is 4.99. The van der Waals surface area contributed by atoms with Gasteiger partial charge in [0.2, 0.25) is 5.91 Å². The zero-order valence-corrected chi connectivity index (χ0v) is 14.5. The number of carboxylic acid groups (broad SMARTS) is 1. The molecule has 1 aliphatic heterocycles. The number of carboxylic acids is 1. The van der Waals surface area contributed by atoms with Crippen molar-refractivity contribution in [2.75, 3.05) is 26.7 Å². The van der Waals surface area contributed by atoms with E-state index >= 15 is 0 Å². The molecule has 1 heterocycles. The molecule has 0 aromatic heterocycles. The van der Waals surface area contributed by atoms with Crippen LogP contribution in [0, 0.1) is 0 Å². The number of hydrogen-bond acceptors (Lipinski definition) is 3. The summed E-state index contributed by atoms with van der Waals surface area (Å²) in [5, 5.41) is 11.2. The zero-order valence-electron chi connectivity index (χ0n) is 14.5. The number of rotatable bonds is 5. The molecule has 1 N–H and O–H groups in total. The van der Waals surface area contributed by atoms with Crippen LogP contribution in [-0.2, 0) is 16.0 Å². The number of fused-ring (bicyclic) bond motifs is 1. The number of nitrogens with zero attached hydrogens (tertiary/aromatic N) is 2. The molecule has 0 saturated carbocycles. The molecule has 1 saturated heterocycles. The summed E-state index contributed by atoms with van der Waals surface area (Å²) in [6, 6.07) is 14.6. The summed E-state index contributed by atoms with van der Waals surface area (Å²) >= 11 is 0. The first-order chi connectivity index (χ1) is 12.0. The van der Waals surface area contributed by atoms with Crippen molar-refractivity contribution in [1.29, 1.82) is 0 Å². The summed E-state index contributed by atoms with van der Waals surface area (Å²) in [5.74, 6) is -0.660. The Kier molecular flexibility index (Phi) is 5.34. The summed E-state index contributed by atoms with van der Waals surface area (Å²) in [7, 11) is 1.84. The maximum Gasteiger partial charge on any atom is 0.317 e. The van der Waals surface area contributed by atoms with Gasteiger partial charge in [-0.25, -0.2) is 0 Å². The minimum absolute atomic E-state index is 0.0513. The van der Waals surface area contributed by atoms with Crippen LogP contribution in [0.25, 0.3) is 10.8 Å². The second kappa shape index (κ2) is 7.66.